The minimum absolute atomic E-state index is 0.450. The zero-order chi connectivity index (χ0) is 13.7. The van der Waals surface area contributed by atoms with Crippen LogP contribution in [0.15, 0.2) is 42.6 Å². The Balaban J connectivity index is 2.19. The van der Waals surface area contributed by atoms with E-state index in [-0.39, 0.29) is 0 Å². The molecule has 0 radical (unpaired) electrons. The number of hydrogen-bond acceptors (Lipinski definition) is 4. The number of nitrogens with zero attached hydrogens (tertiary/aromatic N) is 3. The zero-order valence-corrected chi connectivity index (χ0v) is 10.9. The third-order valence-electron chi connectivity index (χ3n) is 2.95. The Morgan fingerprint density at radius 2 is 2.00 bits per heavy atom. The molecule has 1 aromatic carbocycles. The highest BCUT2D eigenvalue weighted by Crippen LogP contribution is 2.18. The van der Waals surface area contributed by atoms with Crippen LogP contribution in [0.3, 0.4) is 0 Å². The van der Waals surface area contributed by atoms with E-state index in [2.05, 4.69) is 22.9 Å². The van der Waals surface area contributed by atoms with E-state index in [0.717, 1.165) is 30.0 Å². The highest BCUT2D eigenvalue weighted by Gasteiger charge is 2.06. The van der Waals surface area contributed by atoms with Gasteiger partial charge >= 0.3 is 0 Å². The summed E-state index contributed by atoms with van der Waals surface area (Å²) in [4.78, 5) is 6.20. The van der Waals surface area contributed by atoms with Gasteiger partial charge in [0.05, 0.1) is 0 Å². The van der Waals surface area contributed by atoms with Crippen LogP contribution < -0.4 is 10.6 Å². The van der Waals surface area contributed by atoms with E-state index in [1.54, 1.807) is 6.20 Å². The predicted molar refractivity (Wildman–Crippen MR) is 76.5 cm³/mol. The van der Waals surface area contributed by atoms with Crippen LogP contribution in [0.1, 0.15) is 18.2 Å². The molecule has 1 heterocycles. The Bertz CT molecular complexity index is 584. The summed E-state index contributed by atoms with van der Waals surface area (Å²) < 4.78 is 0. The Morgan fingerprint density at radius 3 is 2.63 bits per heavy atom. The normalized spacial score (nSPS) is 9.89. The van der Waals surface area contributed by atoms with E-state index in [1.165, 1.54) is 0 Å². The number of nitrogens with two attached hydrogens (primary N) is 1. The maximum Gasteiger partial charge on any atom is 0.140 e. The lowest BCUT2D eigenvalue weighted by Gasteiger charge is -2.23. The fourth-order valence-corrected chi connectivity index (χ4v) is 1.92. The van der Waals surface area contributed by atoms with Gasteiger partial charge in [-0.15, -0.1) is 0 Å². The fourth-order valence-electron chi connectivity index (χ4n) is 1.92. The first kappa shape index (κ1) is 12.9. The molecular weight excluding hydrogens is 236 g/mol. The average Bonchev–Trinajstić information content (AvgIpc) is 2.46. The molecule has 0 fully saturated rings. The second-order valence-corrected chi connectivity index (χ2v) is 4.27. The Morgan fingerprint density at radius 1 is 1.26 bits per heavy atom. The molecule has 96 valence electrons. The lowest BCUT2D eigenvalue weighted by atomic mass is 10.2. The van der Waals surface area contributed by atoms with Crippen molar-refractivity contribution in [1.29, 1.82) is 5.26 Å². The number of aromatic nitrogens is 1. The van der Waals surface area contributed by atoms with E-state index < -0.39 is 0 Å². The van der Waals surface area contributed by atoms with Crippen LogP contribution in [0.2, 0.25) is 0 Å². The molecule has 0 aliphatic rings. The topological polar surface area (TPSA) is 65.9 Å². The van der Waals surface area contributed by atoms with Gasteiger partial charge in [0.25, 0.3) is 0 Å². The molecule has 0 saturated carbocycles. The van der Waals surface area contributed by atoms with Crippen molar-refractivity contribution in [2.45, 2.75) is 13.5 Å². The van der Waals surface area contributed by atoms with Crippen molar-refractivity contribution >= 4 is 11.4 Å². The summed E-state index contributed by atoms with van der Waals surface area (Å²) in [5.74, 6) is 0. The zero-order valence-electron chi connectivity index (χ0n) is 10.9. The van der Waals surface area contributed by atoms with Crippen molar-refractivity contribution in [1.82, 2.24) is 4.98 Å². The first-order valence-electron chi connectivity index (χ1n) is 6.18. The third kappa shape index (κ3) is 3.23. The van der Waals surface area contributed by atoms with Crippen LogP contribution in [-0.4, -0.2) is 11.5 Å². The van der Waals surface area contributed by atoms with Crippen LogP contribution in [-0.2, 0) is 6.54 Å². The van der Waals surface area contributed by atoms with Gasteiger partial charge in [0.2, 0.25) is 0 Å². The fraction of sp³-hybridized carbons (Fsp3) is 0.200. The molecule has 0 saturated heterocycles. The molecule has 4 heteroatoms. The van der Waals surface area contributed by atoms with Crippen molar-refractivity contribution in [3.05, 3.63) is 53.9 Å². The number of benzene rings is 1. The molecule has 0 amide bonds. The second-order valence-electron chi connectivity index (χ2n) is 4.27. The second kappa shape index (κ2) is 5.87. The average molecular weight is 252 g/mol. The summed E-state index contributed by atoms with van der Waals surface area (Å²) in [6, 6.07) is 13.6. The molecule has 0 aliphatic heterocycles. The molecule has 2 aromatic rings. The largest absolute Gasteiger partial charge is 0.399 e. The highest BCUT2D eigenvalue weighted by atomic mass is 15.1. The predicted octanol–water partition coefficient (Wildman–Crippen LogP) is 2.56. The highest BCUT2D eigenvalue weighted by molar-refractivity contribution is 5.53. The Hall–Kier alpha value is -2.54. The van der Waals surface area contributed by atoms with Gasteiger partial charge in [-0.25, -0.2) is 4.98 Å². The maximum atomic E-state index is 8.86. The van der Waals surface area contributed by atoms with Crippen molar-refractivity contribution in [2.75, 3.05) is 17.2 Å². The van der Waals surface area contributed by atoms with Crippen LogP contribution in [0.5, 0.6) is 0 Å². The number of rotatable bonds is 4. The van der Waals surface area contributed by atoms with Gasteiger partial charge in [0, 0.05) is 30.7 Å². The number of nitrogen functional groups attached to an aromatic ring is 1. The van der Waals surface area contributed by atoms with Gasteiger partial charge in [-0.2, -0.15) is 5.26 Å². The van der Waals surface area contributed by atoms with Crippen molar-refractivity contribution in [3.63, 3.8) is 0 Å². The van der Waals surface area contributed by atoms with Crippen molar-refractivity contribution in [2.24, 2.45) is 0 Å². The molecular formula is C15H16N4. The summed E-state index contributed by atoms with van der Waals surface area (Å²) in [5, 5.41) is 8.86. The van der Waals surface area contributed by atoms with Gasteiger partial charge in [-0.3, -0.25) is 0 Å². The van der Waals surface area contributed by atoms with E-state index in [9.17, 15) is 0 Å². The molecule has 0 atom stereocenters. The summed E-state index contributed by atoms with van der Waals surface area (Å²) in [6.45, 7) is 3.73. The van der Waals surface area contributed by atoms with Gasteiger partial charge in [-0.1, -0.05) is 0 Å². The lowest BCUT2D eigenvalue weighted by molar-refractivity contribution is 0.830. The first-order valence-corrected chi connectivity index (χ1v) is 6.18. The summed E-state index contributed by atoms with van der Waals surface area (Å²) in [6.07, 6.45) is 1.67. The summed E-state index contributed by atoms with van der Waals surface area (Å²) >= 11 is 0. The first-order chi connectivity index (χ1) is 9.22. The minimum Gasteiger partial charge on any atom is -0.399 e. The van der Waals surface area contributed by atoms with Crippen LogP contribution >= 0.6 is 0 Å². The molecule has 1 aromatic heterocycles. The van der Waals surface area contributed by atoms with E-state index in [4.69, 9.17) is 11.0 Å². The lowest BCUT2D eigenvalue weighted by Crippen LogP contribution is -2.22. The van der Waals surface area contributed by atoms with E-state index in [1.807, 2.05) is 36.4 Å². The van der Waals surface area contributed by atoms with Crippen molar-refractivity contribution < 1.29 is 0 Å². The number of hydrogen-bond donors (Lipinski definition) is 1. The van der Waals surface area contributed by atoms with Gasteiger partial charge in [-0.05, 0) is 48.9 Å². The van der Waals surface area contributed by atoms with E-state index in [0.29, 0.717) is 5.69 Å². The third-order valence-corrected chi connectivity index (χ3v) is 2.95. The van der Waals surface area contributed by atoms with Crippen LogP contribution in [0.4, 0.5) is 11.4 Å². The van der Waals surface area contributed by atoms with E-state index >= 15 is 0 Å². The number of pyridine rings is 1. The quantitative estimate of drug-likeness (QED) is 0.849. The molecule has 0 unspecified atom stereocenters. The summed E-state index contributed by atoms with van der Waals surface area (Å²) in [5.41, 5.74) is 9.10. The molecule has 0 bridgehead atoms. The molecule has 0 aliphatic carbocycles. The Kier molecular flexibility index (Phi) is 3.99. The SMILES string of the molecule is CCN(Cc1ccnc(C#N)c1)c1ccc(N)cc1. The smallest absolute Gasteiger partial charge is 0.140 e. The van der Waals surface area contributed by atoms with Crippen molar-refractivity contribution in [3.8, 4) is 6.07 Å². The van der Waals surface area contributed by atoms with Gasteiger partial charge in [0.15, 0.2) is 0 Å². The van der Waals surface area contributed by atoms with Crippen LogP contribution in [0.25, 0.3) is 0 Å². The summed E-state index contributed by atoms with van der Waals surface area (Å²) in [7, 11) is 0. The number of anilines is 2. The minimum atomic E-state index is 0.450. The molecule has 0 spiro atoms. The van der Waals surface area contributed by atoms with Crippen LogP contribution in [0, 0.1) is 11.3 Å². The Labute approximate surface area is 113 Å². The standard InChI is InChI=1S/C15H16N4/c1-2-19(15-5-3-13(17)4-6-15)11-12-7-8-18-14(9-12)10-16/h3-9H,2,11,17H2,1H3. The monoisotopic (exact) mass is 252 g/mol. The van der Waals surface area contributed by atoms with Gasteiger partial charge in [0.1, 0.15) is 11.8 Å². The molecule has 19 heavy (non-hydrogen) atoms. The molecule has 2 rings (SSSR count). The van der Waals surface area contributed by atoms with Gasteiger partial charge < -0.3 is 10.6 Å². The number of nitriles is 1. The maximum absolute atomic E-state index is 8.86. The molecule has 2 N–H and O–H groups in total. The molecule has 4 nitrogen and oxygen atoms in total.